The van der Waals surface area contributed by atoms with Gasteiger partial charge in [-0.15, -0.1) is 29.0 Å². The van der Waals surface area contributed by atoms with Crippen LogP contribution in [0, 0.1) is 0 Å². The van der Waals surface area contributed by atoms with E-state index >= 15 is 0 Å². The van der Waals surface area contributed by atoms with E-state index in [4.69, 9.17) is 90.9 Å². The molecule has 570 valence electrons. The van der Waals surface area contributed by atoms with E-state index in [9.17, 15) is 28.8 Å². The SMILES string of the molecule is COCCOCCOCCOCCOCCOCCOCCOCCCCCCCCCCCC(=O)ON1C(=O)CCC1=O.COCCOCCOCCOCCOCCOCCOCCOCCCCCCCCCCCCCCCC(=O)O.I.II.O=C1CCC(=O)N1O. The van der Waals surface area contributed by atoms with Crippen molar-refractivity contribution in [3.8, 4) is 0 Å². The summed E-state index contributed by atoms with van der Waals surface area (Å²) < 4.78 is 86.3. The first-order chi connectivity index (χ1) is 46.6. The molecule has 2 aliphatic rings. The standard InChI is InChI=1S/C31H57NO12.C31H62O10.C4H5NO3.I2.HI/c1-36-15-16-38-19-20-40-23-24-42-27-28-43-26-25-41-22-21-39-18-17-37-14-10-8-6-4-2-3-5-7-9-11-31(35)44-32-29(33)12-13-30(32)34;1-34-17-18-36-21-22-38-25-26-40-29-30-41-28-27-39-24-23-37-20-19-35-16-14-12-10-8-6-4-2-3-5-7-9-11-13-15-31(32)33;6-3-1-2-4(7)5(3)8;1-2;/h2-28H2,1H3;2-30H2,1H3,(H,32,33);8H,1-2H2;;1H. The van der Waals surface area contributed by atoms with Crippen molar-refractivity contribution in [3.05, 3.63) is 0 Å². The van der Waals surface area contributed by atoms with Gasteiger partial charge in [-0.1, -0.05) is 116 Å². The Hall–Kier alpha value is -1.27. The average molecular weight is 1730 g/mol. The number of unbranched alkanes of at least 4 members (excludes halogenated alkanes) is 20. The molecule has 0 spiro atoms. The summed E-state index contributed by atoms with van der Waals surface area (Å²) >= 11 is 4.24. The minimum atomic E-state index is -0.673. The number of carbonyl (C=O) groups is 6. The van der Waals surface area contributed by atoms with Crippen LogP contribution in [0.1, 0.15) is 180 Å². The Balaban J connectivity index is -0.00000156. The first kappa shape index (κ1) is 98.9. The molecule has 0 bridgehead atoms. The molecular formula is C66H125I3N2O25. The zero-order valence-corrected chi connectivity index (χ0v) is 65.0. The maximum Gasteiger partial charge on any atom is 0.333 e. The van der Waals surface area contributed by atoms with Gasteiger partial charge in [-0.3, -0.25) is 29.2 Å². The van der Waals surface area contributed by atoms with Gasteiger partial charge in [0.2, 0.25) is 0 Å². The third kappa shape index (κ3) is 76.9. The van der Waals surface area contributed by atoms with Crippen molar-refractivity contribution in [2.24, 2.45) is 0 Å². The number of amides is 4. The number of hydrogen-bond donors (Lipinski definition) is 2. The lowest BCUT2D eigenvalue weighted by Crippen LogP contribution is -2.31. The van der Waals surface area contributed by atoms with Gasteiger partial charge in [0.05, 0.1) is 185 Å². The average Bonchev–Trinajstić information content (AvgIpc) is 1.79. The van der Waals surface area contributed by atoms with E-state index < -0.39 is 35.6 Å². The quantitative estimate of drug-likeness (QED) is 0.0247. The maximum atomic E-state index is 11.8. The highest BCUT2D eigenvalue weighted by atomic mass is 128. The summed E-state index contributed by atoms with van der Waals surface area (Å²) in [5.74, 6) is -3.07. The second-order valence-corrected chi connectivity index (χ2v) is 21.9. The molecule has 2 heterocycles. The summed E-state index contributed by atoms with van der Waals surface area (Å²) in [6, 6.07) is 0. The molecule has 0 radical (unpaired) electrons. The van der Waals surface area contributed by atoms with E-state index in [1.807, 2.05) is 0 Å². The van der Waals surface area contributed by atoms with E-state index in [2.05, 4.69) is 37.2 Å². The monoisotopic (exact) mass is 1730 g/mol. The van der Waals surface area contributed by atoms with Gasteiger partial charge in [-0.2, -0.15) is 5.06 Å². The summed E-state index contributed by atoms with van der Waals surface area (Å²) in [5.41, 5.74) is 0. The van der Waals surface area contributed by atoms with Gasteiger partial charge in [0.1, 0.15) is 0 Å². The van der Waals surface area contributed by atoms with Crippen LogP contribution in [0.4, 0.5) is 0 Å². The molecule has 0 saturated carbocycles. The van der Waals surface area contributed by atoms with E-state index in [1.165, 1.54) is 83.5 Å². The maximum absolute atomic E-state index is 11.8. The Labute approximate surface area is 614 Å². The Morgan fingerprint density at radius 1 is 0.302 bits per heavy atom. The van der Waals surface area contributed by atoms with Crippen molar-refractivity contribution >= 4 is 96.8 Å². The molecular weight excluding hydrogens is 1600 g/mol. The van der Waals surface area contributed by atoms with Gasteiger partial charge in [0.15, 0.2) is 0 Å². The number of nitrogens with zero attached hydrogens (tertiary/aromatic N) is 2. The van der Waals surface area contributed by atoms with Crippen molar-refractivity contribution in [2.75, 3.05) is 212 Å². The Kier molecular flexibility index (Phi) is 86.9. The second-order valence-electron chi connectivity index (χ2n) is 21.9. The van der Waals surface area contributed by atoms with Crippen LogP contribution in [-0.4, -0.2) is 268 Å². The van der Waals surface area contributed by atoms with Crippen LogP contribution in [0.5, 0.6) is 0 Å². The fraction of sp³-hybridized carbons (Fsp3) is 0.909. The summed E-state index contributed by atoms with van der Waals surface area (Å²) in [7, 11) is 3.29. The van der Waals surface area contributed by atoms with Crippen molar-refractivity contribution in [1.82, 2.24) is 10.1 Å². The minimum absolute atomic E-state index is 0. The van der Waals surface area contributed by atoms with Crippen molar-refractivity contribution in [3.63, 3.8) is 0 Å². The van der Waals surface area contributed by atoms with E-state index in [0.29, 0.717) is 203 Å². The van der Waals surface area contributed by atoms with Crippen LogP contribution < -0.4 is 0 Å². The first-order valence-corrected chi connectivity index (χ1v) is 41.0. The number of aliphatic carboxylic acids is 1. The van der Waals surface area contributed by atoms with Gasteiger partial charge < -0.3 is 85.7 Å². The molecule has 2 aliphatic heterocycles. The molecule has 30 heteroatoms. The van der Waals surface area contributed by atoms with Gasteiger partial charge in [0.25, 0.3) is 23.6 Å². The number of methoxy groups -OCH3 is 2. The van der Waals surface area contributed by atoms with Crippen LogP contribution in [0.2, 0.25) is 0 Å². The zero-order valence-electron chi connectivity index (χ0n) is 58.4. The minimum Gasteiger partial charge on any atom is -0.481 e. The Morgan fingerprint density at radius 3 is 0.698 bits per heavy atom. The highest BCUT2D eigenvalue weighted by Crippen LogP contribution is 2.16. The molecule has 0 aromatic carbocycles. The highest BCUT2D eigenvalue weighted by molar-refractivity contribution is 15.0. The molecule has 4 amide bonds. The Bertz CT molecular complexity index is 1660. The summed E-state index contributed by atoms with van der Waals surface area (Å²) in [6.45, 7) is 17.2. The first-order valence-electron chi connectivity index (χ1n) is 34.7. The van der Waals surface area contributed by atoms with E-state index in [0.717, 1.165) is 64.6 Å². The number of carboxylic acids is 1. The number of hydroxylamine groups is 4. The number of carbonyl (C=O) groups excluding carboxylic acids is 5. The largest absolute Gasteiger partial charge is 0.481 e. The third-order valence-electron chi connectivity index (χ3n) is 13.9. The summed E-state index contributed by atoms with van der Waals surface area (Å²) in [5, 5.41) is 17.8. The van der Waals surface area contributed by atoms with Crippen molar-refractivity contribution < 1.29 is 120 Å². The number of halogens is 3. The molecule has 0 unspecified atom stereocenters. The van der Waals surface area contributed by atoms with E-state index in [-0.39, 0.29) is 61.1 Å². The third-order valence-corrected chi connectivity index (χ3v) is 13.9. The highest BCUT2D eigenvalue weighted by Gasteiger charge is 2.32. The molecule has 2 rings (SSSR count). The number of ether oxygens (including phenoxy) is 16. The predicted molar refractivity (Wildman–Crippen MR) is 387 cm³/mol. The number of hydrogen-bond acceptors (Lipinski definition) is 24. The van der Waals surface area contributed by atoms with E-state index in [1.54, 1.807) is 14.2 Å². The van der Waals surface area contributed by atoms with Crippen LogP contribution >= 0.6 is 61.2 Å². The van der Waals surface area contributed by atoms with Crippen molar-refractivity contribution in [2.45, 2.75) is 180 Å². The normalized spacial score (nSPS) is 12.8. The van der Waals surface area contributed by atoms with Gasteiger partial charge >= 0.3 is 11.9 Å². The molecule has 0 atom stereocenters. The molecule has 0 aliphatic carbocycles. The number of imide groups is 2. The van der Waals surface area contributed by atoms with Crippen LogP contribution in [0.25, 0.3) is 0 Å². The second kappa shape index (κ2) is 84.4. The summed E-state index contributed by atoms with van der Waals surface area (Å²) in [6.07, 6.45) is 26.6. The topological polar surface area (TPSA) is 306 Å². The molecule has 0 aromatic rings. The number of rotatable bonds is 71. The zero-order chi connectivity index (χ0) is 69.7. The lowest BCUT2D eigenvalue weighted by molar-refractivity contribution is -0.197. The van der Waals surface area contributed by atoms with Crippen LogP contribution in [-0.2, 0) is 109 Å². The fourth-order valence-corrected chi connectivity index (χ4v) is 8.63. The molecule has 2 N–H and O–H groups in total. The fourth-order valence-electron chi connectivity index (χ4n) is 8.63. The molecule has 27 nitrogen and oxygen atoms in total. The van der Waals surface area contributed by atoms with Crippen molar-refractivity contribution in [1.29, 1.82) is 0 Å². The number of carboxylic acid groups (broad SMARTS) is 1. The van der Waals surface area contributed by atoms with Gasteiger partial charge in [0, 0.05) is 103 Å². The van der Waals surface area contributed by atoms with Gasteiger partial charge in [-0.25, -0.2) is 4.79 Å². The Morgan fingerprint density at radius 2 is 0.490 bits per heavy atom. The molecule has 96 heavy (non-hydrogen) atoms. The lowest BCUT2D eigenvalue weighted by Gasteiger charge is -2.12. The molecule has 0 aromatic heterocycles. The van der Waals surface area contributed by atoms with Crippen LogP contribution in [0.3, 0.4) is 0 Å². The predicted octanol–water partition coefficient (Wildman–Crippen LogP) is 10.5. The van der Waals surface area contributed by atoms with Crippen LogP contribution in [0.15, 0.2) is 0 Å². The smallest absolute Gasteiger partial charge is 0.333 e. The van der Waals surface area contributed by atoms with Gasteiger partial charge in [-0.05, 0) is 25.7 Å². The molecule has 2 fully saturated rings. The molecule has 2 saturated heterocycles. The lowest BCUT2D eigenvalue weighted by atomic mass is 10.0. The summed E-state index contributed by atoms with van der Waals surface area (Å²) in [4.78, 5) is 70.4.